The van der Waals surface area contributed by atoms with Crippen LogP contribution in [0.4, 0.5) is 4.39 Å². The van der Waals surface area contributed by atoms with Crippen LogP contribution in [0.1, 0.15) is 52.0 Å². The van der Waals surface area contributed by atoms with Crippen LogP contribution >= 0.6 is 0 Å². The molecular formula is C18H28FN. The van der Waals surface area contributed by atoms with Gasteiger partial charge in [0, 0.05) is 12.0 Å². The summed E-state index contributed by atoms with van der Waals surface area (Å²) in [6.45, 7) is 8.65. The van der Waals surface area contributed by atoms with E-state index in [1.54, 1.807) is 12.1 Å². The first kappa shape index (κ1) is 15.5. The molecule has 0 bridgehead atoms. The molecule has 0 aliphatic heterocycles. The number of hydrogen-bond donors (Lipinski definition) is 1. The molecule has 1 aromatic carbocycles. The summed E-state index contributed by atoms with van der Waals surface area (Å²) >= 11 is 0. The molecule has 20 heavy (non-hydrogen) atoms. The SMILES string of the molecule is CC(C)CNCC1(c2ccccc2F)CCC(C)CC1. The standard InChI is InChI=1S/C18H28FN/c1-14(2)12-20-13-18(10-8-15(3)9-11-18)16-6-4-5-7-17(16)19/h4-7,14-15,20H,8-13H2,1-3H3. The fourth-order valence-electron chi connectivity index (χ4n) is 3.35. The summed E-state index contributed by atoms with van der Waals surface area (Å²) in [4.78, 5) is 0. The van der Waals surface area contributed by atoms with Crippen molar-refractivity contribution in [2.24, 2.45) is 11.8 Å². The summed E-state index contributed by atoms with van der Waals surface area (Å²) in [5.74, 6) is 1.38. The number of rotatable bonds is 5. The minimum absolute atomic E-state index is 0.00720. The average molecular weight is 277 g/mol. The molecule has 0 saturated heterocycles. The lowest BCUT2D eigenvalue weighted by Crippen LogP contribution is -2.42. The third-order valence-corrected chi connectivity index (χ3v) is 4.69. The molecule has 0 heterocycles. The van der Waals surface area contributed by atoms with E-state index < -0.39 is 0 Å². The normalized spacial score (nSPS) is 26.9. The van der Waals surface area contributed by atoms with Gasteiger partial charge in [0.25, 0.3) is 0 Å². The number of halogens is 1. The summed E-state index contributed by atoms with van der Waals surface area (Å²) in [5.41, 5.74) is 0.912. The highest BCUT2D eigenvalue weighted by atomic mass is 19.1. The van der Waals surface area contributed by atoms with Crippen molar-refractivity contribution in [3.63, 3.8) is 0 Å². The van der Waals surface area contributed by atoms with Crippen molar-refractivity contribution in [2.75, 3.05) is 13.1 Å². The van der Waals surface area contributed by atoms with Crippen molar-refractivity contribution in [3.8, 4) is 0 Å². The Morgan fingerprint density at radius 1 is 1.25 bits per heavy atom. The highest BCUT2D eigenvalue weighted by molar-refractivity contribution is 5.28. The minimum atomic E-state index is -0.0339. The molecule has 1 nitrogen and oxygen atoms in total. The average Bonchev–Trinajstić information content (AvgIpc) is 2.42. The molecule has 2 rings (SSSR count). The van der Waals surface area contributed by atoms with Crippen molar-refractivity contribution in [1.29, 1.82) is 0 Å². The molecule has 1 fully saturated rings. The molecule has 112 valence electrons. The summed E-state index contributed by atoms with van der Waals surface area (Å²) in [6, 6.07) is 7.36. The fourth-order valence-corrected chi connectivity index (χ4v) is 3.35. The van der Waals surface area contributed by atoms with Crippen molar-refractivity contribution in [1.82, 2.24) is 5.32 Å². The van der Waals surface area contributed by atoms with Crippen molar-refractivity contribution >= 4 is 0 Å². The molecule has 0 spiro atoms. The molecule has 0 atom stereocenters. The molecule has 1 aliphatic rings. The maximum Gasteiger partial charge on any atom is 0.127 e. The van der Waals surface area contributed by atoms with Crippen LogP contribution in [0.15, 0.2) is 24.3 Å². The summed E-state index contributed by atoms with van der Waals surface area (Å²) < 4.78 is 14.3. The quantitative estimate of drug-likeness (QED) is 0.834. The smallest absolute Gasteiger partial charge is 0.127 e. The Labute approximate surface area is 123 Å². The second kappa shape index (κ2) is 6.71. The molecule has 0 radical (unpaired) electrons. The van der Waals surface area contributed by atoms with E-state index in [1.807, 2.05) is 12.1 Å². The molecule has 1 N–H and O–H groups in total. The van der Waals surface area contributed by atoms with Gasteiger partial charge in [-0.3, -0.25) is 0 Å². The van der Waals surface area contributed by atoms with Gasteiger partial charge in [-0.25, -0.2) is 4.39 Å². The first-order chi connectivity index (χ1) is 9.53. The molecule has 1 saturated carbocycles. The van der Waals surface area contributed by atoms with E-state index in [1.165, 1.54) is 12.8 Å². The Hall–Kier alpha value is -0.890. The minimum Gasteiger partial charge on any atom is -0.316 e. The van der Waals surface area contributed by atoms with Gasteiger partial charge in [0.2, 0.25) is 0 Å². The van der Waals surface area contributed by atoms with Crippen molar-refractivity contribution in [2.45, 2.75) is 51.9 Å². The van der Waals surface area contributed by atoms with E-state index in [4.69, 9.17) is 0 Å². The largest absolute Gasteiger partial charge is 0.316 e. The lowest BCUT2D eigenvalue weighted by molar-refractivity contribution is 0.226. The zero-order chi connectivity index (χ0) is 14.6. The first-order valence-corrected chi connectivity index (χ1v) is 7.99. The van der Waals surface area contributed by atoms with Crippen LogP contribution < -0.4 is 5.32 Å². The second-order valence-electron chi connectivity index (χ2n) is 6.97. The van der Waals surface area contributed by atoms with Crippen LogP contribution in [0.3, 0.4) is 0 Å². The van der Waals surface area contributed by atoms with E-state index in [9.17, 15) is 4.39 Å². The monoisotopic (exact) mass is 277 g/mol. The van der Waals surface area contributed by atoms with E-state index >= 15 is 0 Å². The summed E-state index contributed by atoms with van der Waals surface area (Å²) in [5, 5.41) is 3.57. The van der Waals surface area contributed by atoms with Gasteiger partial charge in [-0.05, 0) is 55.7 Å². The van der Waals surface area contributed by atoms with Gasteiger partial charge in [-0.15, -0.1) is 0 Å². The van der Waals surface area contributed by atoms with E-state index in [2.05, 4.69) is 26.1 Å². The first-order valence-electron chi connectivity index (χ1n) is 7.99. The Morgan fingerprint density at radius 2 is 1.90 bits per heavy atom. The Morgan fingerprint density at radius 3 is 2.50 bits per heavy atom. The zero-order valence-corrected chi connectivity index (χ0v) is 13.1. The maximum atomic E-state index is 14.3. The van der Waals surface area contributed by atoms with Gasteiger partial charge in [0.1, 0.15) is 5.82 Å². The van der Waals surface area contributed by atoms with Gasteiger partial charge in [0.15, 0.2) is 0 Å². The van der Waals surface area contributed by atoms with Crippen LogP contribution in [0.25, 0.3) is 0 Å². The molecular weight excluding hydrogens is 249 g/mol. The van der Waals surface area contributed by atoms with Crippen LogP contribution in [0, 0.1) is 17.7 Å². The lowest BCUT2D eigenvalue weighted by Gasteiger charge is -2.40. The number of hydrogen-bond acceptors (Lipinski definition) is 1. The van der Waals surface area contributed by atoms with Gasteiger partial charge >= 0.3 is 0 Å². The van der Waals surface area contributed by atoms with Crippen molar-refractivity contribution in [3.05, 3.63) is 35.6 Å². The van der Waals surface area contributed by atoms with Gasteiger partial charge in [0.05, 0.1) is 0 Å². The van der Waals surface area contributed by atoms with Crippen LogP contribution in [-0.2, 0) is 5.41 Å². The third-order valence-electron chi connectivity index (χ3n) is 4.69. The fraction of sp³-hybridized carbons (Fsp3) is 0.667. The molecule has 0 unspecified atom stereocenters. The summed E-state index contributed by atoms with van der Waals surface area (Å²) in [7, 11) is 0. The van der Waals surface area contributed by atoms with Gasteiger partial charge in [-0.2, -0.15) is 0 Å². The molecule has 2 heteroatoms. The van der Waals surface area contributed by atoms with Crippen LogP contribution in [-0.4, -0.2) is 13.1 Å². The van der Waals surface area contributed by atoms with Gasteiger partial charge < -0.3 is 5.32 Å². The Bertz CT molecular complexity index is 419. The highest BCUT2D eigenvalue weighted by Gasteiger charge is 2.37. The zero-order valence-electron chi connectivity index (χ0n) is 13.1. The second-order valence-corrected chi connectivity index (χ2v) is 6.97. The van der Waals surface area contributed by atoms with Crippen LogP contribution in [0.5, 0.6) is 0 Å². The van der Waals surface area contributed by atoms with Gasteiger partial charge in [-0.1, -0.05) is 39.0 Å². The molecule has 1 aliphatic carbocycles. The van der Waals surface area contributed by atoms with E-state index in [-0.39, 0.29) is 11.2 Å². The Balaban J connectivity index is 2.18. The maximum absolute atomic E-state index is 14.3. The predicted molar refractivity (Wildman–Crippen MR) is 83.4 cm³/mol. The highest BCUT2D eigenvalue weighted by Crippen LogP contribution is 2.42. The third kappa shape index (κ3) is 3.60. The molecule has 1 aromatic rings. The van der Waals surface area contributed by atoms with Crippen LogP contribution in [0.2, 0.25) is 0 Å². The molecule has 0 aromatic heterocycles. The Kier molecular flexibility index (Phi) is 5.20. The number of benzene rings is 1. The number of nitrogens with one attached hydrogen (secondary N) is 1. The summed E-state index contributed by atoms with van der Waals surface area (Å²) in [6.07, 6.45) is 4.61. The molecule has 0 amide bonds. The topological polar surface area (TPSA) is 12.0 Å². The van der Waals surface area contributed by atoms with Crippen molar-refractivity contribution < 1.29 is 4.39 Å². The predicted octanol–water partition coefficient (Wildman–Crippen LogP) is 4.52. The lowest BCUT2D eigenvalue weighted by atomic mass is 9.66. The van der Waals surface area contributed by atoms with E-state index in [0.29, 0.717) is 5.92 Å². The van der Waals surface area contributed by atoms with E-state index in [0.717, 1.165) is 37.4 Å².